The summed E-state index contributed by atoms with van der Waals surface area (Å²) >= 11 is 0. The van der Waals surface area contributed by atoms with Gasteiger partial charge in [0.25, 0.3) is 0 Å². The molecule has 0 aliphatic rings. The molecule has 0 atom stereocenters. The number of pyridine rings is 1. The van der Waals surface area contributed by atoms with Crippen LogP contribution in [0.15, 0.2) is 102 Å². The van der Waals surface area contributed by atoms with Gasteiger partial charge in [-0.1, -0.05) is 54.6 Å². The summed E-state index contributed by atoms with van der Waals surface area (Å²) in [5, 5.41) is 11.2. The van der Waals surface area contributed by atoms with E-state index in [2.05, 4.69) is 22.0 Å². The van der Waals surface area contributed by atoms with Gasteiger partial charge in [-0.3, -0.25) is 9.88 Å². The van der Waals surface area contributed by atoms with Crippen molar-refractivity contribution in [3.05, 3.63) is 137 Å². The van der Waals surface area contributed by atoms with Crippen LogP contribution in [0, 0.1) is 11.6 Å². The predicted molar refractivity (Wildman–Crippen MR) is 155 cm³/mol. The summed E-state index contributed by atoms with van der Waals surface area (Å²) < 4.78 is 35.8. The van der Waals surface area contributed by atoms with Crippen molar-refractivity contribution in [3.8, 4) is 11.3 Å². The van der Waals surface area contributed by atoms with Crippen molar-refractivity contribution in [3.63, 3.8) is 0 Å². The average molecular weight is 549 g/mol. The lowest BCUT2D eigenvalue weighted by Crippen LogP contribution is -2.18. The van der Waals surface area contributed by atoms with Gasteiger partial charge in [0.05, 0.1) is 11.1 Å². The first-order valence-electron chi connectivity index (χ1n) is 13.2. The molecule has 41 heavy (non-hydrogen) atoms. The Bertz CT molecular complexity index is 1850. The van der Waals surface area contributed by atoms with Crippen molar-refractivity contribution in [2.45, 2.75) is 19.5 Å². The highest BCUT2D eigenvalue weighted by molar-refractivity contribution is 5.97. The van der Waals surface area contributed by atoms with Crippen LogP contribution < -0.4 is 0 Å². The van der Waals surface area contributed by atoms with Gasteiger partial charge in [-0.15, -0.1) is 0 Å². The molecule has 0 aliphatic heterocycles. The maximum atomic E-state index is 14.8. The highest BCUT2D eigenvalue weighted by Gasteiger charge is 2.22. The Morgan fingerprint density at radius 1 is 0.878 bits per heavy atom. The summed E-state index contributed by atoms with van der Waals surface area (Å²) in [5.74, 6) is -1.88. The molecular weight excluding hydrogens is 522 g/mol. The summed E-state index contributed by atoms with van der Waals surface area (Å²) in [7, 11) is 2.00. The molecule has 0 spiro atoms. The molecule has 0 bridgehead atoms. The molecule has 2 heterocycles. The van der Waals surface area contributed by atoms with Crippen LogP contribution in [0.3, 0.4) is 0 Å². The molecule has 4 aromatic carbocycles. The Labute approximate surface area is 235 Å². The molecule has 7 heteroatoms. The van der Waals surface area contributed by atoms with Gasteiger partial charge < -0.3 is 9.52 Å². The van der Waals surface area contributed by atoms with Crippen LogP contribution in [0.1, 0.15) is 32.6 Å². The Morgan fingerprint density at radius 3 is 2.34 bits per heavy atom. The molecule has 5 nitrogen and oxygen atoms in total. The molecule has 0 saturated heterocycles. The number of halogens is 2. The lowest BCUT2D eigenvalue weighted by atomic mass is 9.91. The zero-order chi connectivity index (χ0) is 28.5. The van der Waals surface area contributed by atoms with E-state index in [0.29, 0.717) is 40.9 Å². The first-order chi connectivity index (χ1) is 19.9. The van der Waals surface area contributed by atoms with E-state index in [9.17, 15) is 18.7 Å². The van der Waals surface area contributed by atoms with E-state index < -0.39 is 17.6 Å². The standard InChI is InChI=1S/C34H26F2N2O3/c1-38(19-21-8-3-2-4-9-21)20-28-26(32-17-22-10-5-6-13-31(22)41-32)14-23(15-27-29(35)11-7-12-30(27)36)25-16-24(34(39)40)18-37-33(25)28/h2-14,16-18H,15,19-20H2,1H3,(H,39,40). The van der Waals surface area contributed by atoms with Crippen molar-refractivity contribution >= 4 is 27.8 Å². The molecule has 6 rings (SSSR count). The maximum absolute atomic E-state index is 14.8. The fraction of sp³-hybridized carbons (Fsp3) is 0.118. The molecule has 0 aliphatic carbocycles. The Balaban J connectivity index is 1.57. The van der Waals surface area contributed by atoms with Gasteiger partial charge in [-0.2, -0.15) is 0 Å². The summed E-state index contributed by atoms with van der Waals surface area (Å²) in [6, 6.07) is 26.8. The van der Waals surface area contributed by atoms with Crippen LogP contribution in [0.5, 0.6) is 0 Å². The number of para-hydroxylation sites is 1. The number of furan rings is 1. The number of aromatic nitrogens is 1. The van der Waals surface area contributed by atoms with Gasteiger partial charge >= 0.3 is 5.97 Å². The molecule has 0 saturated carbocycles. The minimum Gasteiger partial charge on any atom is -0.478 e. The number of benzene rings is 4. The number of aromatic carboxylic acids is 1. The SMILES string of the molecule is CN(Cc1ccccc1)Cc1c(-c2cc3ccccc3o2)cc(Cc2c(F)cccc2F)c2cc(C(=O)O)cnc12. The van der Waals surface area contributed by atoms with E-state index >= 15 is 0 Å². The first kappa shape index (κ1) is 26.3. The number of hydrogen-bond donors (Lipinski definition) is 1. The van der Waals surface area contributed by atoms with Crippen molar-refractivity contribution in [2.24, 2.45) is 0 Å². The Morgan fingerprint density at radius 2 is 1.61 bits per heavy atom. The first-order valence-corrected chi connectivity index (χ1v) is 13.2. The topological polar surface area (TPSA) is 66.6 Å². The molecule has 2 aromatic heterocycles. The molecule has 6 aromatic rings. The Hall–Kier alpha value is -4.88. The zero-order valence-electron chi connectivity index (χ0n) is 22.3. The molecule has 0 fully saturated rings. The second-order valence-electron chi connectivity index (χ2n) is 10.2. The predicted octanol–water partition coefficient (Wildman–Crippen LogP) is 7.85. The van der Waals surface area contributed by atoms with E-state index in [4.69, 9.17) is 4.42 Å². The number of carboxylic acids is 1. The Kier molecular flexibility index (Phi) is 7.03. The summed E-state index contributed by atoms with van der Waals surface area (Å²) in [6.45, 7) is 1.13. The van der Waals surface area contributed by atoms with Crippen molar-refractivity contribution < 1.29 is 23.1 Å². The van der Waals surface area contributed by atoms with E-state index in [1.807, 2.05) is 61.6 Å². The van der Waals surface area contributed by atoms with Crippen LogP contribution in [0.2, 0.25) is 0 Å². The van der Waals surface area contributed by atoms with Crippen molar-refractivity contribution in [1.82, 2.24) is 9.88 Å². The number of carboxylic acid groups (broad SMARTS) is 1. The summed E-state index contributed by atoms with van der Waals surface area (Å²) in [4.78, 5) is 18.6. The molecular formula is C34H26F2N2O3. The van der Waals surface area contributed by atoms with Crippen LogP contribution >= 0.6 is 0 Å². The van der Waals surface area contributed by atoms with E-state index in [-0.39, 0.29) is 17.5 Å². The monoisotopic (exact) mass is 548 g/mol. The van der Waals surface area contributed by atoms with E-state index in [1.165, 1.54) is 30.5 Å². The van der Waals surface area contributed by atoms with Gasteiger partial charge in [-0.25, -0.2) is 13.6 Å². The lowest BCUT2D eigenvalue weighted by Gasteiger charge is -2.21. The van der Waals surface area contributed by atoms with E-state index in [0.717, 1.165) is 22.1 Å². The number of hydrogen-bond acceptors (Lipinski definition) is 4. The quantitative estimate of drug-likeness (QED) is 0.210. The van der Waals surface area contributed by atoms with Crippen LogP contribution in [0.4, 0.5) is 8.78 Å². The third-order valence-corrected chi connectivity index (χ3v) is 7.25. The molecule has 204 valence electrons. The van der Waals surface area contributed by atoms with E-state index in [1.54, 1.807) is 0 Å². The summed E-state index contributed by atoms with van der Waals surface area (Å²) in [5.41, 5.74) is 4.40. The maximum Gasteiger partial charge on any atom is 0.337 e. The fourth-order valence-corrected chi connectivity index (χ4v) is 5.29. The number of nitrogens with zero attached hydrogens (tertiary/aromatic N) is 2. The minimum absolute atomic E-state index is 0.00664. The van der Waals surface area contributed by atoms with Gasteiger partial charge in [0.1, 0.15) is 23.0 Å². The molecule has 0 unspecified atom stereocenters. The summed E-state index contributed by atoms with van der Waals surface area (Å²) in [6.07, 6.45) is 1.23. The van der Waals surface area contributed by atoms with Crippen LogP contribution in [0.25, 0.3) is 33.2 Å². The van der Waals surface area contributed by atoms with Crippen molar-refractivity contribution in [2.75, 3.05) is 7.05 Å². The smallest absolute Gasteiger partial charge is 0.337 e. The van der Waals surface area contributed by atoms with Crippen LogP contribution in [-0.4, -0.2) is 28.0 Å². The van der Waals surface area contributed by atoms with Crippen molar-refractivity contribution in [1.29, 1.82) is 0 Å². The largest absolute Gasteiger partial charge is 0.478 e. The van der Waals surface area contributed by atoms with Gasteiger partial charge in [0, 0.05) is 53.2 Å². The lowest BCUT2D eigenvalue weighted by molar-refractivity contribution is 0.0696. The van der Waals surface area contributed by atoms with Gasteiger partial charge in [-0.05, 0) is 54.6 Å². The number of rotatable bonds is 8. The highest BCUT2D eigenvalue weighted by atomic mass is 19.1. The fourth-order valence-electron chi connectivity index (χ4n) is 5.29. The third kappa shape index (κ3) is 5.32. The third-order valence-electron chi connectivity index (χ3n) is 7.25. The van der Waals surface area contributed by atoms with Gasteiger partial charge in [0.2, 0.25) is 0 Å². The second kappa shape index (κ2) is 10.9. The minimum atomic E-state index is -1.13. The average Bonchev–Trinajstić information content (AvgIpc) is 3.40. The molecule has 1 N–H and O–H groups in total. The molecule has 0 amide bonds. The normalized spacial score (nSPS) is 11.5. The number of carbonyl (C=O) groups is 1. The van der Waals surface area contributed by atoms with Gasteiger partial charge in [0.15, 0.2) is 0 Å². The second-order valence-corrected chi connectivity index (χ2v) is 10.2. The highest BCUT2D eigenvalue weighted by Crippen LogP contribution is 2.37. The van der Waals surface area contributed by atoms with Crippen LogP contribution in [-0.2, 0) is 19.5 Å². The number of fused-ring (bicyclic) bond motifs is 2. The molecule has 0 radical (unpaired) electrons. The zero-order valence-corrected chi connectivity index (χ0v) is 22.3.